The van der Waals surface area contributed by atoms with E-state index in [4.69, 9.17) is 4.74 Å². The molecule has 0 aliphatic heterocycles. The Balaban J connectivity index is 1.95. The lowest BCUT2D eigenvalue weighted by Crippen LogP contribution is -2.25. The van der Waals surface area contributed by atoms with Gasteiger partial charge in [-0.2, -0.15) is 0 Å². The first kappa shape index (κ1) is 16.7. The molecule has 7 heteroatoms. The van der Waals surface area contributed by atoms with Crippen LogP contribution in [-0.2, 0) is 0 Å². The highest BCUT2D eigenvalue weighted by atomic mass is 16.5. The fraction of sp³-hybridized carbons (Fsp3) is 0.100. The summed E-state index contributed by atoms with van der Waals surface area (Å²) < 4.78 is 6.63. The number of aldehydes is 1. The van der Waals surface area contributed by atoms with Crippen LogP contribution in [0.1, 0.15) is 10.4 Å². The summed E-state index contributed by atoms with van der Waals surface area (Å²) in [6.07, 6.45) is 3.83. The zero-order chi connectivity index (χ0) is 19.0. The molecule has 1 aromatic carbocycles. The zero-order valence-electron chi connectivity index (χ0n) is 14.8. The van der Waals surface area contributed by atoms with E-state index in [-0.39, 0.29) is 11.4 Å². The Labute approximate surface area is 154 Å². The van der Waals surface area contributed by atoms with Crippen LogP contribution in [0.2, 0.25) is 0 Å². The predicted octanol–water partition coefficient (Wildman–Crippen LogP) is 2.83. The second-order valence-corrected chi connectivity index (χ2v) is 5.98. The molecule has 4 rings (SSSR count). The first-order valence-electron chi connectivity index (χ1n) is 8.27. The van der Waals surface area contributed by atoms with E-state index in [1.54, 1.807) is 36.5 Å². The smallest absolute Gasteiger partial charge is 0.270 e. The van der Waals surface area contributed by atoms with Gasteiger partial charge in [0.25, 0.3) is 5.56 Å². The SMILES string of the molecule is COc1cccn2c(=O)c(C=O)c(N(C)c3ccc4ncccc4c3)nc12. The van der Waals surface area contributed by atoms with Crippen LogP contribution in [0.3, 0.4) is 0 Å². The predicted molar refractivity (Wildman–Crippen MR) is 103 cm³/mol. The Morgan fingerprint density at radius 1 is 1.19 bits per heavy atom. The minimum Gasteiger partial charge on any atom is -0.493 e. The molecule has 0 unspecified atom stereocenters. The van der Waals surface area contributed by atoms with Gasteiger partial charge in [0.1, 0.15) is 5.56 Å². The standard InChI is InChI=1S/C20H16N4O3/c1-23(14-7-8-16-13(11-14)5-3-9-21-16)18-15(12-25)20(26)24-10-4-6-17(27-2)19(24)22-18/h3-12H,1-2H3. The number of fused-ring (bicyclic) bond motifs is 2. The van der Waals surface area contributed by atoms with Crippen LogP contribution in [0.4, 0.5) is 11.5 Å². The summed E-state index contributed by atoms with van der Waals surface area (Å²) in [6.45, 7) is 0. The molecule has 27 heavy (non-hydrogen) atoms. The van der Waals surface area contributed by atoms with Gasteiger partial charge < -0.3 is 9.64 Å². The Morgan fingerprint density at radius 2 is 2.04 bits per heavy atom. The first-order valence-corrected chi connectivity index (χ1v) is 8.27. The van der Waals surface area contributed by atoms with Gasteiger partial charge in [-0.15, -0.1) is 0 Å². The molecule has 0 spiro atoms. The van der Waals surface area contributed by atoms with E-state index in [1.807, 2.05) is 30.3 Å². The molecule has 0 atom stereocenters. The van der Waals surface area contributed by atoms with Gasteiger partial charge in [-0.25, -0.2) is 4.98 Å². The first-order chi connectivity index (χ1) is 13.1. The van der Waals surface area contributed by atoms with Crippen molar-refractivity contribution in [1.29, 1.82) is 0 Å². The molecule has 7 nitrogen and oxygen atoms in total. The molecule has 0 N–H and O–H groups in total. The quantitative estimate of drug-likeness (QED) is 0.521. The summed E-state index contributed by atoms with van der Waals surface area (Å²) in [7, 11) is 3.27. The van der Waals surface area contributed by atoms with Gasteiger partial charge in [0.05, 0.1) is 12.6 Å². The minimum atomic E-state index is -0.446. The number of aromatic nitrogens is 3. The van der Waals surface area contributed by atoms with E-state index >= 15 is 0 Å². The minimum absolute atomic E-state index is 0.0189. The van der Waals surface area contributed by atoms with Crippen LogP contribution in [0, 0.1) is 0 Å². The Kier molecular flexibility index (Phi) is 4.04. The fourth-order valence-electron chi connectivity index (χ4n) is 3.05. The van der Waals surface area contributed by atoms with E-state index in [9.17, 15) is 9.59 Å². The van der Waals surface area contributed by atoms with Gasteiger partial charge in [0, 0.05) is 30.5 Å². The summed E-state index contributed by atoms with van der Waals surface area (Å²) in [5.74, 6) is 0.715. The molecule has 0 fully saturated rings. The number of pyridine rings is 2. The van der Waals surface area contributed by atoms with Gasteiger partial charge >= 0.3 is 0 Å². The maximum absolute atomic E-state index is 12.8. The molecule has 134 valence electrons. The molecule has 3 heterocycles. The lowest BCUT2D eigenvalue weighted by Gasteiger charge is -2.21. The highest BCUT2D eigenvalue weighted by molar-refractivity contribution is 5.88. The summed E-state index contributed by atoms with van der Waals surface area (Å²) in [4.78, 5) is 35.0. The molecule has 3 aromatic heterocycles. The monoisotopic (exact) mass is 360 g/mol. The van der Waals surface area contributed by atoms with Crippen molar-refractivity contribution in [2.75, 3.05) is 19.1 Å². The average Bonchev–Trinajstić information content (AvgIpc) is 2.72. The van der Waals surface area contributed by atoms with E-state index < -0.39 is 5.56 Å². The van der Waals surface area contributed by atoms with Gasteiger partial charge in [0.2, 0.25) is 0 Å². The highest BCUT2D eigenvalue weighted by Crippen LogP contribution is 2.28. The van der Waals surface area contributed by atoms with Crippen molar-refractivity contribution in [1.82, 2.24) is 14.4 Å². The number of nitrogens with zero attached hydrogens (tertiary/aromatic N) is 4. The topological polar surface area (TPSA) is 76.8 Å². The van der Waals surface area contributed by atoms with Gasteiger partial charge in [-0.1, -0.05) is 6.07 Å². The van der Waals surface area contributed by atoms with Crippen molar-refractivity contribution >= 4 is 34.3 Å². The second-order valence-electron chi connectivity index (χ2n) is 5.98. The molecule has 0 amide bonds. The molecule has 0 aliphatic rings. The van der Waals surface area contributed by atoms with Crippen LogP contribution < -0.4 is 15.2 Å². The van der Waals surface area contributed by atoms with Crippen LogP contribution in [0.15, 0.2) is 59.7 Å². The summed E-state index contributed by atoms with van der Waals surface area (Å²) in [6, 6.07) is 12.9. The number of methoxy groups -OCH3 is 1. The van der Waals surface area contributed by atoms with Crippen molar-refractivity contribution in [3.05, 3.63) is 70.8 Å². The third kappa shape index (κ3) is 2.69. The maximum atomic E-state index is 12.8. The number of hydrogen-bond donors (Lipinski definition) is 0. The number of hydrogen-bond acceptors (Lipinski definition) is 6. The van der Waals surface area contributed by atoms with Crippen LogP contribution in [0.25, 0.3) is 16.6 Å². The summed E-state index contributed by atoms with van der Waals surface area (Å²) in [5, 5.41) is 0.949. The molecule has 4 aromatic rings. The number of anilines is 2. The lowest BCUT2D eigenvalue weighted by molar-refractivity contribution is 0.112. The van der Waals surface area contributed by atoms with E-state index in [1.165, 1.54) is 11.5 Å². The third-order valence-electron chi connectivity index (χ3n) is 4.46. The van der Waals surface area contributed by atoms with Crippen LogP contribution in [0.5, 0.6) is 5.75 Å². The van der Waals surface area contributed by atoms with Gasteiger partial charge in [-0.3, -0.25) is 19.0 Å². The van der Waals surface area contributed by atoms with Crippen molar-refractivity contribution in [3.8, 4) is 5.75 Å². The van der Waals surface area contributed by atoms with Crippen LogP contribution in [-0.4, -0.2) is 34.8 Å². The average molecular weight is 360 g/mol. The molecule has 0 bridgehead atoms. The van der Waals surface area contributed by atoms with Crippen molar-refractivity contribution < 1.29 is 9.53 Å². The molecular formula is C20H16N4O3. The lowest BCUT2D eigenvalue weighted by atomic mass is 10.2. The largest absolute Gasteiger partial charge is 0.493 e. The Hall–Kier alpha value is -3.74. The van der Waals surface area contributed by atoms with Crippen molar-refractivity contribution in [2.24, 2.45) is 0 Å². The molecular weight excluding hydrogens is 344 g/mol. The Bertz CT molecular complexity index is 1230. The van der Waals surface area contributed by atoms with E-state index in [0.29, 0.717) is 17.7 Å². The van der Waals surface area contributed by atoms with E-state index in [0.717, 1.165) is 16.6 Å². The molecule has 0 saturated carbocycles. The number of carbonyl (C=O) groups excluding carboxylic acids is 1. The zero-order valence-corrected chi connectivity index (χ0v) is 14.8. The number of carbonyl (C=O) groups is 1. The number of rotatable bonds is 4. The second kappa shape index (κ2) is 6.53. The third-order valence-corrected chi connectivity index (χ3v) is 4.46. The Morgan fingerprint density at radius 3 is 2.81 bits per heavy atom. The number of benzene rings is 1. The molecule has 0 saturated heterocycles. The highest BCUT2D eigenvalue weighted by Gasteiger charge is 2.19. The summed E-state index contributed by atoms with van der Waals surface area (Å²) >= 11 is 0. The normalized spacial score (nSPS) is 10.9. The molecule has 0 radical (unpaired) electrons. The van der Waals surface area contributed by atoms with Gasteiger partial charge in [0.15, 0.2) is 23.5 Å². The maximum Gasteiger partial charge on any atom is 0.270 e. The summed E-state index contributed by atoms with van der Waals surface area (Å²) in [5.41, 5.74) is 1.52. The van der Waals surface area contributed by atoms with Crippen molar-refractivity contribution in [2.45, 2.75) is 0 Å². The van der Waals surface area contributed by atoms with Crippen LogP contribution >= 0.6 is 0 Å². The van der Waals surface area contributed by atoms with E-state index in [2.05, 4.69) is 9.97 Å². The fourth-order valence-corrected chi connectivity index (χ4v) is 3.05. The van der Waals surface area contributed by atoms with Gasteiger partial charge in [-0.05, 0) is 36.4 Å². The molecule has 0 aliphatic carbocycles. The van der Waals surface area contributed by atoms with Crippen molar-refractivity contribution in [3.63, 3.8) is 0 Å². The number of ether oxygens (including phenoxy) is 1.